The fraction of sp³-hybridized carbons (Fsp3) is 0.545. The van der Waals surface area contributed by atoms with Gasteiger partial charge >= 0.3 is 0 Å². The van der Waals surface area contributed by atoms with Crippen molar-refractivity contribution < 1.29 is 9.21 Å². The Morgan fingerprint density at radius 1 is 1.57 bits per heavy atom. The number of furan rings is 1. The predicted octanol–water partition coefficient (Wildman–Crippen LogP) is 2.20. The predicted molar refractivity (Wildman–Crippen MR) is 53.0 cm³/mol. The van der Waals surface area contributed by atoms with Crippen LogP contribution in [0.2, 0.25) is 0 Å². The zero-order valence-corrected chi connectivity index (χ0v) is 8.54. The summed E-state index contributed by atoms with van der Waals surface area (Å²) in [5, 5.41) is 2.94. The lowest BCUT2D eigenvalue weighted by atomic mass is 9.68. The van der Waals surface area contributed by atoms with Crippen LogP contribution in [0.1, 0.15) is 37.2 Å². The lowest BCUT2D eigenvalue weighted by molar-refractivity contribution is 0.0777. The third kappa shape index (κ3) is 1.81. The lowest BCUT2D eigenvalue weighted by Crippen LogP contribution is -2.48. The van der Waals surface area contributed by atoms with Gasteiger partial charge in [0.05, 0.1) is 6.26 Å². The first-order valence-electron chi connectivity index (χ1n) is 4.91. The standard InChI is InChI=1S/C11H15NO2/c1-11(2)6-8(7-11)12-10(13)9-4-3-5-14-9/h3-5,8H,6-7H2,1-2H3,(H,12,13). The second-order valence-corrected chi connectivity index (χ2v) is 4.72. The summed E-state index contributed by atoms with van der Waals surface area (Å²) in [5.74, 6) is 0.296. The molecule has 14 heavy (non-hydrogen) atoms. The Morgan fingerprint density at radius 2 is 2.29 bits per heavy atom. The van der Waals surface area contributed by atoms with E-state index in [9.17, 15) is 4.79 Å². The van der Waals surface area contributed by atoms with E-state index in [1.165, 1.54) is 6.26 Å². The average Bonchev–Trinajstić information content (AvgIpc) is 2.51. The molecule has 1 amide bonds. The normalized spacial score (nSPS) is 20.1. The van der Waals surface area contributed by atoms with Crippen LogP contribution in [0, 0.1) is 5.41 Å². The van der Waals surface area contributed by atoms with Gasteiger partial charge in [-0.1, -0.05) is 13.8 Å². The minimum atomic E-state index is -0.101. The summed E-state index contributed by atoms with van der Waals surface area (Å²) in [7, 11) is 0. The summed E-state index contributed by atoms with van der Waals surface area (Å²) in [6.07, 6.45) is 3.62. The topological polar surface area (TPSA) is 42.2 Å². The van der Waals surface area contributed by atoms with Crippen LogP contribution in [0.15, 0.2) is 22.8 Å². The fourth-order valence-electron chi connectivity index (χ4n) is 2.04. The average molecular weight is 193 g/mol. The molecule has 1 saturated carbocycles. The van der Waals surface area contributed by atoms with E-state index in [0.717, 1.165) is 12.8 Å². The Labute approximate surface area is 83.5 Å². The zero-order chi connectivity index (χ0) is 10.2. The van der Waals surface area contributed by atoms with Crippen molar-refractivity contribution in [2.45, 2.75) is 32.7 Å². The number of rotatable bonds is 2. The Bertz CT molecular complexity index is 319. The van der Waals surface area contributed by atoms with Gasteiger partial charge in [0.25, 0.3) is 5.91 Å². The molecule has 0 atom stereocenters. The maximum Gasteiger partial charge on any atom is 0.287 e. The van der Waals surface area contributed by atoms with E-state index in [-0.39, 0.29) is 5.91 Å². The number of carbonyl (C=O) groups excluding carboxylic acids is 1. The molecule has 1 fully saturated rings. The monoisotopic (exact) mass is 193 g/mol. The molecule has 0 spiro atoms. The molecule has 0 aliphatic heterocycles. The Hall–Kier alpha value is -1.25. The summed E-state index contributed by atoms with van der Waals surface area (Å²) in [6, 6.07) is 3.72. The molecule has 1 aliphatic carbocycles. The smallest absolute Gasteiger partial charge is 0.287 e. The summed E-state index contributed by atoms with van der Waals surface area (Å²) in [4.78, 5) is 11.5. The second kappa shape index (κ2) is 3.15. The molecule has 2 rings (SSSR count). The maximum atomic E-state index is 11.5. The van der Waals surface area contributed by atoms with Crippen LogP contribution < -0.4 is 5.32 Å². The van der Waals surface area contributed by atoms with Crippen LogP contribution in [0.25, 0.3) is 0 Å². The number of hydrogen-bond donors (Lipinski definition) is 1. The largest absolute Gasteiger partial charge is 0.459 e. The van der Waals surface area contributed by atoms with Crippen molar-refractivity contribution >= 4 is 5.91 Å². The van der Waals surface area contributed by atoms with Crippen molar-refractivity contribution in [3.05, 3.63) is 24.2 Å². The van der Waals surface area contributed by atoms with Gasteiger partial charge < -0.3 is 9.73 Å². The molecule has 1 aliphatic rings. The molecule has 0 unspecified atom stereocenters. The fourth-order valence-corrected chi connectivity index (χ4v) is 2.04. The lowest BCUT2D eigenvalue weighted by Gasteiger charge is -2.42. The van der Waals surface area contributed by atoms with Crippen molar-refractivity contribution in [3.8, 4) is 0 Å². The van der Waals surface area contributed by atoms with Gasteiger partial charge in [-0.2, -0.15) is 0 Å². The number of hydrogen-bond acceptors (Lipinski definition) is 2. The van der Waals surface area contributed by atoms with Gasteiger partial charge in [0.1, 0.15) is 0 Å². The molecular weight excluding hydrogens is 178 g/mol. The van der Waals surface area contributed by atoms with Crippen molar-refractivity contribution in [2.24, 2.45) is 5.41 Å². The van der Waals surface area contributed by atoms with Gasteiger partial charge in [-0.15, -0.1) is 0 Å². The minimum absolute atomic E-state index is 0.101. The first-order valence-corrected chi connectivity index (χ1v) is 4.91. The summed E-state index contributed by atoms with van der Waals surface area (Å²) < 4.78 is 5.00. The molecule has 0 aromatic carbocycles. The molecule has 1 heterocycles. The molecule has 0 saturated heterocycles. The zero-order valence-electron chi connectivity index (χ0n) is 8.54. The van der Waals surface area contributed by atoms with E-state index in [1.54, 1.807) is 12.1 Å². The van der Waals surface area contributed by atoms with Crippen molar-refractivity contribution in [1.82, 2.24) is 5.32 Å². The van der Waals surface area contributed by atoms with Crippen LogP contribution in [-0.2, 0) is 0 Å². The number of nitrogens with one attached hydrogen (secondary N) is 1. The minimum Gasteiger partial charge on any atom is -0.459 e. The van der Waals surface area contributed by atoms with Crippen LogP contribution in [0.4, 0.5) is 0 Å². The molecule has 1 N–H and O–H groups in total. The summed E-state index contributed by atoms with van der Waals surface area (Å²) in [5.41, 5.74) is 0.390. The van der Waals surface area contributed by atoms with Gasteiger partial charge in [-0.05, 0) is 30.4 Å². The molecule has 76 valence electrons. The summed E-state index contributed by atoms with van der Waals surface area (Å²) >= 11 is 0. The Kier molecular flexibility index (Phi) is 2.10. The first kappa shape index (κ1) is 9.31. The quantitative estimate of drug-likeness (QED) is 0.782. The van der Waals surface area contributed by atoms with Crippen molar-refractivity contribution in [2.75, 3.05) is 0 Å². The Balaban J connectivity index is 1.86. The molecule has 0 bridgehead atoms. The van der Waals surface area contributed by atoms with Gasteiger partial charge in [-0.3, -0.25) is 4.79 Å². The maximum absolute atomic E-state index is 11.5. The second-order valence-electron chi connectivity index (χ2n) is 4.72. The van der Waals surface area contributed by atoms with E-state index >= 15 is 0 Å². The first-order chi connectivity index (χ1) is 6.57. The van der Waals surface area contributed by atoms with Crippen LogP contribution in [-0.4, -0.2) is 11.9 Å². The van der Waals surface area contributed by atoms with Gasteiger partial charge in [0.15, 0.2) is 5.76 Å². The van der Waals surface area contributed by atoms with E-state index in [4.69, 9.17) is 4.42 Å². The van der Waals surface area contributed by atoms with Crippen molar-refractivity contribution in [3.63, 3.8) is 0 Å². The highest BCUT2D eigenvalue weighted by atomic mass is 16.3. The van der Waals surface area contributed by atoms with Gasteiger partial charge in [0, 0.05) is 6.04 Å². The Morgan fingerprint density at radius 3 is 2.79 bits per heavy atom. The van der Waals surface area contributed by atoms with E-state index in [2.05, 4.69) is 19.2 Å². The van der Waals surface area contributed by atoms with Crippen molar-refractivity contribution in [1.29, 1.82) is 0 Å². The van der Waals surface area contributed by atoms with E-state index in [1.807, 2.05) is 0 Å². The van der Waals surface area contributed by atoms with Gasteiger partial charge in [-0.25, -0.2) is 0 Å². The highest BCUT2D eigenvalue weighted by Gasteiger charge is 2.37. The van der Waals surface area contributed by atoms with Gasteiger partial charge in [0.2, 0.25) is 0 Å². The molecule has 1 aromatic rings. The summed E-state index contributed by atoms with van der Waals surface area (Å²) in [6.45, 7) is 4.42. The van der Waals surface area contributed by atoms with E-state index in [0.29, 0.717) is 17.2 Å². The molecule has 0 radical (unpaired) electrons. The molecular formula is C11H15NO2. The van der Waals surface area contributed by atoms with E-state index < -0.39 is 0 Å². The van der Waals surface area contributed by atoms with Crippen LogP contribution in [0.3, 0.4) is 0 Å². The number of carbonyl (C=O) groups is 1. The highest BCUT2D eigenvalue weighted by molar-refractivity contribution is 5.91. The highest BCUT2D eigenvalue weighted by Crippen LogP contribution is 2.39. The van der Waals surface area contributed by atoms with Crippen LogP contribution >= 0.6 is 0 Å². The molecule has 1 aromatic heterocycles. The molecule has 3 nitrogen and oxygen atoms in total. The third-order valence-corrected chi connectivity index (χ3v) is 2.68. The van der Waals surface area contributed by atoms with Crippen LogP contribution in [0.5, 0.6) is 0 Å². The number of amides is 1. The third-order valence-electron chi connectivity index (χ3n) is 2.68. The molecule has 3 heteroatoms. The SMILES string of the molecule is CC1(C)CC(NC(=O)c2ccco2)C1.